The molecule has 0 aliphatic heterocycles. The Morgan fingerprint density at radius 1 is 1.47 bits per heavy atom. The summed E-state index contributed by atoms with van der Waals surface area (Å²) < 4.78 is 5.45. The van der Waals surface area contributed by atoms with Crippen LogP contribution in [0.15, 0.2) is 12.2 Å². The summed E-state index contributed by atoms with van der Waals surface area (Å²) in [4.78, 5) is 11.3. The van der Waals surface area contributed by atoms with Gasteiger partial charge in [-0.05, 0) is 38.0 Å². The molecule has 0 bridgehead atoms. The molecular weight excluding hydrogens is 188 g/mol. The summed E-state index contributed by atoms with van der Waals surface area (Å²) >= 11 is 0. The number of ether oxygens (including phenoxy) is 1. The Bertz CT molecular complexity index is 245. The molecule has 86 valence electrons. The van der Waals surface area contributed by atoms with Gasteiger partial charge < -0.3 is 4.74 Å². The largest absolute Gasteiger partial charge is 0.462 e. The molecule has 2 heteroatoms. The van der Waals surface area contributed by atoms with Crippen LogP contribution in [-0.4, -0.2) is 12.1 Å². The molecule has 1 aliphatic rings. The average molecular weight is 210 g/mol. The first-order valence-corrected chi connectivity index (χ1v) is 5.89. The third kappa shape index (κ3) is 3.37. The molecule has 0 amide bonds. The standard InChI is InChI=1S/C13H22O2/c1-5-13(14)15-12-8-11(9(2)3)7-6-10(12)4/h10-12H,2,5-8H2,1,3-4H3/t10?,11-,12+/m1/s1. The van der Waals surface area contributed by atoms with E-state index in [0.29, 0.717) is 18.3 Å². The van der Waals surface area contributed by atoms with E-state index in [0.717, 1.165) is 12.8 Å². The molecule has 1 fully saturated rings. The quantitative estimate of drug-likeness (QED) is 0.527. The van der Waals surface area contributed by atoms with Crippen LogP contribution in [0.5, 0.6) is 0 Å². The number of esters is 1. The molecule has 1 rings (SSSR count). The molecule has 0 aromatic heterocycles. The van der Waals surface area contributed by atoms with Crippen molar-refractivity contribution in [2.24, 2.45) is 11.8 Å². The first-order valence-electron chi connectivity index (χ1n) is 5.89. The number of hydrogen-bond acceptors (Lipinski definition) is 2. The summed E-state index contributed by atoms with van der Waals surface area (Å²) in [5.74, 6) is 0.959. The lowest BCUT2D eigenvalue weighted by molar-refractivity contribution is -0.153. The van der Waals surface area contributed by atoms with Crippen molar-refractivity contribution in [3.05, 3.63) is 12.2 Å². The van der Waals surface area contributed by atoms with Gasteiger partial charge >= 0.3 is 5.97 Å². The highest BCUT2D eigenvalue weighted by atomic mass is 16.5. The Labute approximate surface area is 92.7 Å². The van der Waals surface area contributed by atoms with Crippen LogP contribution in [0.3, 0.4) is 0 Å². The van der Waals surface area contributed by atoms with Crippen molar-refractivity contribution in [1.29, 1.82) is 0 Å². The maximum Gasteiger partial charge on any atom is 0.305 e. The van der Waals surface area contributed by atoms with Gasteiger partial charge in [-0.2, -0.15) is 0 Å². The van der Waals surface area contributed by atoms with Gasteiger partial charge in [0.15, 0.2) is 0 Å². The van der Waals surface area contributed by atoms with Gasteiger partial charge in [0.05, 0.1) is 0 Å². The molecule has 0 radical (unpaired) electrons. The van der Waals surface area contributed by atoms with Crippen LogP contribution in [0, 0.1) is 11.8 Å². The minimum absolute atomic E-state index is 0.0748. The fraction of sp³-hybridized carbons (Fsp3) is 0.769. The molecule has 0 aromatic rings. The minimum Gasteiger partial charge on any atom is -0.462 e. The van der Waals surface area contributed by atoms with Gasteiger partial charge in [-0.25, -0.2) is 0 Å². The molecule has 0 heterocycles. The second-order valence-electron chi connectivity index (χ2n) is 4.72. The summed E-state index contributed by atoms with van der Waals surface area (Å²) in [6, 6.07) is 0. The van der Waals surface area contributed by atoms with Crippen LogP contribution in [0.2, 0.25) is 0 Å². The molecule has 0 N–H and O–H groups in total. The van der Waals surface area contributed by atoms with E-state index in [9.17, 15) is 4.79 Å². The Morgan fingerprint density at radius 2 is 2.13 bits per heavy atom. The fourth-order valence-electron chi connectivity index (χ4n) is 2.14. The Balaban J connectivity index is 2.53. The first kappa shape index (κ1) is 12.3. The highest BCUT2D eigenvalue weighted by Gasteiger charge is 2.30. The van der Waals surface area contributed by atoms with Crippen molar-refractivity contribution >= 4 is 5.97 Å². The van der Waals surface area contributed by atoms with Crippen LogP contribution in [0.1, 0.15) is 46.5 Å². The summed E-state index contributed by atoms with van der Waals surface area (Å²) in [5.41, 5.74) is 1.22. The van der Waals surface area contributed by atoms with Crippen LogP contribution >= 0.6 is 0 Å². The third-order valence-corrected chi connectivity index (χ3v) is 3.39. The average Bonchev–Trinajstić information content (AvgIpc) is 2.20. The lowest BCUT2D eigenvalue weighted by Crippen LogP contribution is -2.32. The van der Waals surface area contributed by atoms with Crippen molar-refractivity contribution in [2.75, 3.05) is 0 Å². The van der Waals surface area contributed by atoms with E-state index in [-0.39, 0.29) is 12.1 Å². The van der Waals surface area contributed by atoms with Crippen LogP contribution in [0.25, 0.3) is 0 Å². The molecule has 0 spiro atoms. The van der Waals surface area contributed by atoms with Gasteiger partial charge in [0.1, 0.15) is 6.10 Å². The Morgan fingerprint density at radius 3 is 2.67 bits per heavy atom. The molecular formula is C13H22O2. The lowest BCUT2D eigenvalue weighted by Gasteiger charge is -2.34. The van der Waals surface area contributed by atoms with Crippen LogP contribution < -0.4 is 0 Å². The van der Waals surface area contributed by atoms with Gasteiger partial charge in [0.25, 0.3) is 0 Å². The van der Waals surface area contributed by atoms with E-state index in [2.05, 4.69) is 20.4 Å². The van der Waals surface area contributed by atoms with Crippen molar-refractivity contribution < 1.29 is 9.53 Å². The van der Waals surface area contributed by atoms with E-state index in [1.807, 2.05) is 6.92 Å². The number of carbonyl (C=O) groups excluding carboxylic acids is 1. The van der Waals surface area contributed by atoms with Gasteiger partial charge in [-0.1, -0.05) is 26.0 Å². The number of rotatable bonds is 3. The molecule has 1 aliphatic carbocycles. The molecule has 0 saturated heterocycles. The summed E-state index contributed by atoms with van der Waals surface area (Å²) in [6.07, 6.45) is 3.87. The number of allylic oxidation sites excluding steroid dienone is 1. The van der Waals surface area contributed by atoms with Gasteiger partial charge in [-0.15, -0.1) is 0 Å². The van der Waals surface area contributed by atoms with Crippen molar-refractivity contribution in [2.45, 2.75) is 52.6 Å². The number of hydrogen-bond donors (Lipinski definition) is 0. The lowest BCUT2D eigenvalue weighted by atomic mass is 9.78. The van der Waals surface area contributed by atoms with Crippen LogP contribution in [0.4, 0.5) is 0 Å². The van der Waals surface area contributed by atoms with Gasteiger partial charge in [0.2, 0.25) is 0 Å². The molecule has 15 heavy (non-hydrogen) atoms. The van der Waals surface area contributed by atoms with E-state index in [1.165, 1.54) is 12.0 Å². The first-order chi connectivity index (χ1) is 7.04. The fourth-order valence-corrected chi connectivity index (χ4v) is 2.14. The third-order valence-electron chi connectivity index (χ3n) is 3.39. The number of carbonyl (C=O) groups is 1. The predicted molar refractivity (Wildman–Crippen MR) is 61.5 cm³/mol. The normalized spacial score (nSPS) is 31.0. The highest BCUT2D eigenvalue weighted by Crippen LogP contribution is 2.34. The van der Waals surface area contributed by atoms with Crippen molar-refractivity contribution in [1.82, 2.24) is 0 Å². The summed E-state index contributed by atoms with van der Waals surface area (Å²) in [7, 11) is 0. The topological polar surface area (TPSA) is 26.3 Å². The van der Waals surface area contributed by atoms with E-state index >= 15 is 0 Å². The van der Waals surface area contributed by atoms with E-state index in [4.69, 9.17) is 4.74 Å². The Kier molecular flexibility index (Phi) is 4.37. The van der Waals surface area contributed by atoms with E-state index < -0.39 is 0 Å². The zero-order valence-electron chi connectivity index (χ0n) is 10.1. The summed E-state index contributed by atoms with van der Waals surface area (Å²) in [5, 5.41) is 0. The second kappa shape index (κ2) is 5.34. The zero-order valence-corrected chi connectivity index (χ0v) is 10.1. The van der Waals surface area contributed by atoms with Gasteiger partial charge in [-0.3, -0.25) is 4.79 Å². The van der Waals surface area contributed by atoms with Gasteiger partial charge in [0, 0.05) is 6.42 Å². The minimum atomic E-state index is -0.0748. The smallest absolute Gasteiger partial charge is 0.305 e. The molecule has 2 nitrogen and oxygen atoms in total. The molecule has 1 unspecified atom stereocenters. The van der Waals surface area contributed by atoms with Crippen molar-refractivity contribution in [3.8, 4) is 0 Å². The van der Waals surface area contributed by atoms with Crippen molar-refractivity contribution in [3.63, 3.8) is 0 Å². The second-order valence-corrected chi connectivity index (χ2v) is 4.72. The highest BCUT2D eigenvalue weighted by molar-refractivity contribution is 5.69. The maximum atomic E-state index is 11.3. The SMILES string of the molecule is C=C(C)[C@@H]1CCC(C)[C@@H](OC(=O)CC)C1. The summed E-state index contributed by atoms with van der Waals surface area (Å²) in [6.45, 7) is 10.1. The van der Waals surface area contributed by atoms with E-state index in [1.54, 1.807) is 0 Å². The Hall–Kier alpha value is -0.790. The maximum absolute atomic E-state index is 11.3. The molecule has 1 saturated carbocycles. The predicted octanol–water partition coefficient (Wildman–Crippen LogP) is 3.32. The monoisotopic (exact) mass is 210 g/mol. The zero-order chi connectivity index (χ0) is 11.4. The molecule has 0 aromatic carbocycles. The van der Waals surface area contributed by atoms with Crippen LogP contribution in [-0.2, 0) is 9.53 Å². The molecule has 3 atom stereocenters.